The highest BCUT2D eigenvalue weighted by Crippen LogP contribution is 2.13. The fourth-order valence-corrected chi connectivity index (χ4v) is 1.59. The van der Waals surface area contributed by atoms with Crippen LogP contribution in [0.4, 0.5) is 0 Å². The van der Waals surface area contributed by atoms with Crippen molar-refractivity contribution in [1.29, 1.82) is 0 Å². The first-order chi connectivity index (χ1) is 6.97. The Morgan fingerprint density at radius 1 is 1.33 bits per heavy atom. The molecule has 1 heterocycles. The highest BCUT2D eigenvalue weighted by atomic mass is 16.6. The number of ether oxygens (including phenoxy) is 1. The molecule has 0 radical (unpaired) electrons. The average Bonchev–Trinajstić information content (AvgIpc) is 2.14. The number of carbonyl (C=O) groups excluding carboxylic acids is 1. The second-order valence-corrected chi connectivity index (χ2v) is 4.98. The molecule has 1 aliphatic rings. The van der Waals surface area contributed by atoms with E-state index < -0.39 is 5.60 Å². The van der Waals surface area contributed by atoms with Gasteiger partial charge in [0.25, 0.3) is 0 Å². The number of allylic oxidation sites excluding steroid dienone is 1. The molecule has 0 aromatic rings. The van der Waals surface area contributed by atoms with Crippen LogP contribution in [0.25, 0.3) is 0 Å². The SMILES string of the molecule is CC(C)(C)OC(=O)/C=C/C1CCNCC1. The van der Waals surface area contributed by atoms with Gasteiger partial charge >= 0.3 is 5.97 Å². The molecule has 3 nitrogen and oxygen atoms in total. The molecule has 0 bridgehead atoms. The molecule has 0 aromatic heterocycles. The van der Waals surface area contributed by atoms with Crippen molar-refractivity contribution < 1.29 is 9.53 Å². The van der Waals surface area contributed by atoms with Crippen molar-refractivity contribution in [3.05, 3.63) is 12.2 Å². The molecule has 86 valence electrons. The predicted octanol–water partition coefficient (Wildman–Crippen LogP) is 1.88. The summed E-state index contributed by atoms with van der Waals surface area (Å²) in [4.78, 5) is 11.4. The van der Waals surface area contributed by atoms with Crippen molar-refractivity contribution in [2.24, 2.45) is 5.92 Å². The summed E-state index contributed by atoms with van der Waals surface area (Å²) in [6.45, 7) is 7.72. The van der Waals surface area contributed by atoms with E-state index in [-0.39, 0.29) is 5.97 Å². The van der Waals surface area contributed by atoms with Crippen LogP contribution in [0.2, 0.25) is 0 Å². The van der Waals surface area contributed by atoms with E-state index in [1.165, 1.54) is 0 Å². The molecular formula is C12H21NO2. The largest absolute Gasteiger partial charge is 0.457 e. The molecule has 0 aliphatic carbocycles. The van der Waals surface area contributed by atoms with Gasteiger partial charge < -0.3 is 10.1 Å². The second-order valence-electron chi connectivity index (χ2n) is 4.98. The lowest BCUT2D eigenvalue weighted by Gasteiger charge is -2.20. The first-order valence-electron chi connectivity index (χ1n) is 5.59. The standard InChI is InChI=1S/C12H21NO2/c1-12(2,3)15-11(14)5-4-10-6-8-13-9-7-10/h4-5,10,13H,6-9H2,1-3H3/b5-4+. The van der Waals surface area contributed by atoms with Crippen molar-refractivity contribution in [2.45, 2.75) is 39.2 Å². The van der Waals surface area contributed by atoms with Crippen LogP contribution in [0.5, 0.6) is 0 Å². The zero-order valence-electron chi connectivity index (χ0n) is 9.88. The van der Waals surface area contributed by atoms with Gasteiger partial charge in [0.15, 0.2) is 0 Å². The molecule has 15 heavy (non-hydrogen) atoms. The number of rotatable bonds is 2. The Morgan fingerprint density at radius 2 is 1.93 bits per heavy atom. The number of hydrogen-bond donors (Lipinski definition) is 1. The van der Waals surface area contributed by atoms with Gasteiger partial charge in [-0.05, 0) is 52.6 Å². The van der Waals surface area contributed by atoms with E-state index in [9.17, 15) is 4.79 Å². The van der Waals surface area contributed by atoms with Crippen molar-refractivity contribution in [3.8, 4) is 0 Å². The molecule has 0 atom stereocenters. The minimum atomic E-state index is -0.393. The van der Waals surface area contributed by atoms with E-state index in [2.05, 4.69) is 5.32 Å². The van der Waals surface area contributed by atoms with Crippen molar-refractivity contribution >= 4 is 5.97 Å². The van der Waals surface area contributed by atoms with Crippen LogP contribution in [-0.2, 0) is 9.53 Å². The fourth-order valence-electron chi connectivity index (χ4n) is 1.59. The lowest BCUT2D eigenvalue weighted by atomic mass is 9.98. The molecule has 1 aliphatic heterocycles. The van der Waals surface area contributed by atoms with Crippen molar-refractivity contribution in [2.75, 3.05) is 13.1 Å². The van der Waals surface area contributed by atoms with Crippen LogP contribution in [0, 0.1) is 5.92 Å². The van der Waals surface area contributed by atoms with E-state index >= 15 is 0 Å². The molecular weight excluding hydrogens is 190 g/mol. The molecule has 1 rings (SSSR count). The maximum absolute atomic E-state index is 11.4. The smallest absolute Gasteiger partial charge is 0.330 e. The van der Waals surface area contributed by atoms with Crippen LogP contribution in [0.3, 0.4) is 0 Å². The zero-order valence-corrected chi connectivity index (χ0v) is 9.88. The summed E-state index contributed by atoms with van der Waals surface area (Å²) in [6.07, 6.45) is 5.77. The van der Waals surface area contributed by atoms with Gasteiger partial charge in [-0.15, -0.1) is 0 Å². The van der Waals surface area contributed by atoms with E-state index in [0.29, 0.717) is 5.92 Å². The molecule has 0 saturated carbocycles. The van der Waals surface area contributed by atoms with E-state index in [1.54, 1.807) is 6.08 Å². The molecule has 0 amide bonds. The first kappa shape index (κ1) is 12.2. The number of nitrogens with one attached hydrogen (secondary N) is 1. The maximum atomic E-state index is 11.4. The molecule has 0 spiro atoms. The number of carbonyl (C=O) groups is 1. The van der Waals surface area contributed by atoms with E-state index in [0.717, 1.165) is 25.9 Å². The quantitative estimate of drug-likeness (QED) is 0.560. The van der Waals surface area contributed by atoms with Gasteiger partial charge in [0, 0.05) is 6.08 Å². The molecule has 1 saturated heterocycles. The van der Waals surface area contributed by atoms with Gasteiger partial charge in [0.05, 0.1) is 0 Å². The Balaban J connectivity index is 2.33. The summed E-state index contributed by atoms with van der Waals surface area (Å²) in [5.74, 6) is 0.291. The summed E-state index contributed by atoms with van der Waals surface area (Å²) < 4.78 is 5.19. The molecule has 0 unspecified atom stereocenters. The van der Waals surface area contributed by atoms with E-state index in [1.807, 2.05) is 26.8 Å². The van der Waals surface area contributed by atoms with Crippen LogP contribution >= 0.6 is 0 Å². The maximum Gasteiger partial charge on any atom is 0.330 e. The van der Waals surface area contributed by atoms with Crippen molar-refractivity contribution in [1.82, 2.24) is 5.32 Å². The summed E-state index contributed by atoms with van der Waals surface area (Å²) in [6, 6.07) is 0. The Kier molecular flexibility index (Phi) is 4.33. The van der Waals surface area contributed by atoms with Gasteiger partial charge in [-0.1, -0.05) is 6.08 Å². The lowest BCUT2D eigenvalue weighted by molar-refractivity contribution is -0.148. The van der Waals surface area contributed by atoms with Crippen LogP contribution in [-0.4, -0.2) is 24.7 Å². The Morgan fingerprint density at radius 3 is 2.47 bits per heavy atom. The molecule has 0 aromatic carbocycles. The van der Waals surface area contributed by atoms with Gasteiger partial charge in [-0.3, -0.25) is 0 Å². The summed E-state index contributed by atoms with van der Waals surface area (Å²) in [7, 11) is 0. The van der Waals surface area contributed by atoms with Gasteiger partial charge in [0.2, 0.25) is 0 Å². The Bertz CT molecular complexity index is 234. The average molecular weight is 211 g/mol. The number of piperidine rings is 1. The summed E-state index contributed by atoms with van der Waals surface area (Å²) in [5.41, 5.74) is -0.393. The van der Waals surface area contributed by atoms with Crippen LogP contribution < -0.4 is 5.32 Å². The third-order valence-corrected chi connectivity index (χ3v) is 2.30. The molecule has 3 heteroatoms. The van der Waals surface area contributed by atoms with Crippen LogP contribution in [0.15, 0.2) is 12.2 Å². The zero-order chi connectivity index (χ0) is 11.3. The fraction of sp³-hybridized carbons (Fsp3) is 0.750. The van der Waals surface area contributed by atoms with Gasteiger partial charge in [0.1, 0.15) is 5.60 Å². The van der Waals surface area contributed by atoms with Gasteiger partial charge in [-0.25, -0.2) is 4.79 Å². The predicted molar refractivity (Wildman–Crippen MR) is 60.6 cm³/mol. The summed E-state index contributed by atoms with van der Waals surface area (Å²) in [5, 5.41) is 3.29. The molecule has 1 N–H and O–H groups in total. The second kappa shape index (κ2) is 5.31. The highest BCUT2D eigenvalue weighted by molar-refractivity contribution is 5.82. The third kappa shape index (κ3) is 5.57. The minimum Gasteiger partial charge on any atom is -0.457 e. The van der Waals surface area contributed by atoms with E-state index in [4.69, 9.17) is 4.74 Å². The number of hydrogen-bond acceptors (Lipinski definition) is 3. The summed E-state index contributed by atoms with van der Waals surface area (Å²) >= 11 is 0. The normalized spacial score (nSPS) is 19.4. The highest BCUT2D eigenvalue weighted by Gasteiger charge is 2.15. The molecule has 1 fully saturated rings. The lowest BCUT2D eigenvalue weighted by Crippen LogP contribution is -2.27. The topological polar surface area (TPSA) is 38.3 Å². The van der Waals surface area contributed by atoms with Crippen LogP contribution in [0.1, 0.15) is 33.6 Å². The Hall–Kier alpha value is -0.830. The monoisotopic (exact) mass is 211 g/mol. The third-order valence-electron chi connectivity index (χ3n) is 2.30. The Labute approximate surface area is 91.9 Å². The van der Waals surface area contributed by atoms with Gasteiger partial charge in [-0.2, -0.15) is 0 Å². The number of esters is 1. The van der Waals surface area contributed by atoms with Crippen molar-refractivity contribution in [3.63, 3.8) is 0 Å². The first-order valence-corrected chi connectivity index (χ1v) is 5.59. The minimum absolute atomic E-state index is 0.235.